The lowest BCUT2D eigenvalue weighted by molar-refractivity contribution is 0.411. The van der Waals surface area contributed by atoms with Crippen molar-refractivity contribution in [3.05, 3.63) is 54.0 Å². The minimum atomic E-state index is 0.170. The largest absolute Gasteiger partial charge is 0.509 e. The summed E-state index contributed by atoms with van der Waals surface area (Å²) in [6.45, 7) is 8.64. The monoisotopic (exact) mass is 444 g/mol. The van der Waals surface area contributed by atoms with Crippen LogP contribution >= 0.6 is 0 Å². The van der Waals surface area contributed by atoms with Crippen LogP contribution in [-0.2, 0) is 0 Å². The van der Waals surface area contributed by atoms with Crippen LogP contribution in [0, 0.1) is 5.41 Å². The molecule has 1 aromatic heterocycles. The van der Waals surface area contributed by atoms with Gasteiger partial charge in [-0.15, -0.1) is 0 Å². The molecule has 1 fully saturated rings. The second-order valence-electron chi connectivity index (χ2n) is 8.78. The molecule has 5 rings (SSSR count). The highest BCUT2D eigenvalue weighted by Crippen LogP contribution is 2.32. The molecule has 0 saturated carbocycles. The topological polar surface area (TPSA) is 82.5 Å². The Labute approximate surface area is 194 Å². The standard InChI is InChI=1S/C26H32N6O/c1-3-30(4-2)18-8-10-19(11-9-18)32-17-23(33)24(25(32)27)26-28-21-13-12-20(16-22(21)29-26)31-14-6-5-7-15-31/h8-13,16,27,33H,3-7,14-15,17H2,1-2H3,(H,28,29). The maximum Gasteiger partial charge on any atom is 0.145 e. The average molecular weight is 445 g/mol. The first-order chi connectivity index (χ1) is 16.1. The molecule has 3 aromatic rings. The molecule has 7 heteroatoms. The molecule has 0 bridgehead atoms. The van der Waals surface area contributed by atoms with E-state index in [1.165, 1.54) is 24.9 Å². The lowest BCUT2D eigenvalue weighted by atomic mass is 10.1. The number of benzene rings is 2. The van der Waals surface area contributed by atoms with Crippen LogP contribution in [0.3, 0.4) is 0 Å². The molecule has 0 spiro atoms. The number of imidazole rings is 1. The summed E-state index contributed by atoms with van der Waals surface area (Å²) in [5.74, 6) is 0.979. The van der Waals surface area contributed by atoms with Crippen molar-refractivity contribution < 1.29 is 5.11 Å². The fourth-order valence-electron chi connectivity index (χ4n) is 4.95. The third-order valence-corrected chi connectivity index (χ3v) is 6.82. The van der Waals surface area contributed by atoms with E-state index >= 15 is 0 Å². The molecule has 0 amide bonds. The maximum absolute atomic E-state index is 10.8. The van der Waals surface area contributed by atoms with Crippen molar-refractivity contribution in [3.8, 4) is 0 Å². The summed E-state index contributed by atoms with van der Waals surface area (Å²) >= 11 is 0. The van der Waals surface area contributed by atoms with Gasteiger partial charge in [0, 0.05) is 43.2 Å². The van der Waals surface area contributed by atoms with Crippen LogP contribution in [0.5, 0.6) is 0 Å². The summed E-state index contributed by atoms with van der Waals surface area (Å²) in [4.78, 5) is 14.6. The quantitative estimate of drug-likeness (QED) is 0.489. The van der Waals surface area contributed by atoms with Gasteiger partial charge in [-0.3, -0.25) is 5.41 Å². The molecule has 1 saturated heterocycles. The zero-order valence-corrected chi connectivity index (χ0v) is 19.4. The molecule has 2 aromatic carbocycles. The van der Waals surface area contributed by atoms with E-state index in [9.17, 15) is 5.11 Å². The highest BCUT2D eigenvalue weighted by Gasteiger charge is 2.31. The van der Waals surface area contributed by atoms with Gasteiger partial charge in [-0.05, 0) is 75.6 Å². The third-order valence-electron chi connectivity index (χ3n) is 6.82. The van der Waals surface area contributed by atoms with Gasteiger partial charge in [0.15, 0.2) is 0 Å². The number of aromatic amines is 1. The fraction of sp³-hybridized carbons (Fsp3) is 0.385. The molecule has 0 atom stereocenters. The highest BCUT2D eigenvalue weighted by molar-refractivity contribution is 6.30. The molecule has 2 aliphatic rings. The minimum Gasteiger partial charge on any atom is -0.509 e. The summed E-state index contributed by atoms with van der Waals surface area (Å²) < 4.78 is 0. The van der Waals surface area contributed by atoms with E-state index in [4.69, 9.17) is 10.4 Å². The number of fused-ring (bicyclic) bond motifs is 1. The number of piperidine rings is 1. The van der Waals surface area contributed by atoms with Crippen LogP contribution in [0.1, 0.15) is 38.9 Å². The molecule has 7 nitrogen and oxygen atoms in total. The number of hydrogen-bond donors (Lipinski definition) is 3. The van der Waals surface area contributed by atoms with Crippen molar-refractivity contribution in [3.63, 3.8) is 0 Å². The lowest BCUT2D eigenvalue weighted by Crippen LogP contribution is -2.29. The lowest BCUT2D eigenvalue weighted by Gasteiger charge is -2.28. The van der Waals surface area contributed by atoms with Gasteiger partial charge in [0.2, 0.25) is 0 Å². The predicted molar refractivity (Wildman–Crippen MR) is 137 cm³/mol. The number of nitrogens with zero attached hydrogens (tertiary/aromatic N) is 4. The van der Waals surface area contributed by atoms with E-state index in [0.29, 0.717) is 11.4 Å². The number of rotatable bonds is 6. The smallest absolute Gasteiger partial charge is 0.145 e. The van der Waals surface area contributed by atoms with Crippen molar-refractivity contribution in [2.75, 3.05) is 47.4 Å². The average Bonchev–Trinajstić information content (AvgIpc) is 3.40. The van der Waals surface area contributed by atoms with Gasteiger partial charge in [-0.1, -0.05) is 0 Å². The van der Waals surface area contributed by atoms with Crippen LogP contribution < -0.4 is 14.7 Å². The third kappa shape index (κ3) is 3.92. The van der Waals surface area contributed by atoms with E-state index in [1.54, 1.807) is 0 Å². The van der Waals surface area contributed by atoms with Gasteiger partial charge < -0.3 is 24.8 Å². The van der Waals surface area contributed by atoms with Crippen LogP contribution in [0.25, 0.3) is 16.6 Å². The van der Waals surface area contributed by atoms with Gasteiger partial charge in [0.25, 0.3) is 0 Å². The first-order valence-electron chi connectivity index (χ1n) is 12.0. The number of aliphatic hydroxyl groups is 1. The number of anilines is 3. The van der Waals surface area contributed by atoms with E-state index in [0.717, 1.165) is 48.6 Å². The number of amidine groups is 1. The molecule has 3 N–H and O–H groups in total. The molecule has 3 heterocycles. The van der Waals surface area contributed by atoms with Gasteiger partial charge >= 0.3 is 0 Å². The van der Waals surface area contributed by atoms with Crippen molar-refractivity contribution in [2.45, 2.75) is 33.1 Å². The second kappa shape index (κ2) is 8.81. The molecular weight excluding hydrogens is 412 g/mol. The Morgan fingerprint density at radius 1 is 1.00 bits per heavy atom. The molecule has 0 unspecified atom stereocenters. The van der Waals surface area contributed by atoms with Crippen LogP contribution in [0.2, 0.25) is 0 Å². The fourth-order valence-corrected chi connectivity index (χ4v) is 4.95. The van der Waals surface area contributed by atoms with Crippen LogP contribution in [-0.4, -0.2) is 53.6 Å². The van der Waals surface area contributed by atoms with Gasteiger partial charge in [-0.2, -0.15) is 0 Å². The Bertz CT molecular complexity index is 1190. The number of nitrogens with one attached hydrogen (secondary N) is 2. The Morgan fingerprint density at radius 3 is 2.39 bits per heavy atom. The molecule has 0 radical (unpaired) electrons. The molecule has 0 aliphatic carbocycles. The zero-order chi connectivity index (χ0) is 22.9. The zero-order valence-electron chi connectivity index (χ0n) is 19.4. The maximum atomic E-state index is 10.8. The molecule has 172 valence electrons. The number of aromatic nitrogens is 2. The van der Waals surface area contributed by atoms with Crippen molar-refractivity contribution >= 4 is 39.5 Å². The van der Waals surface area contributed by atoms with Crippen LogP contribution in [0.4, 0.5) is 17.1 Å². The number of H-pyrrole nitrogens is 1. The minimum absolute atomic E-state index is 0.170. The second-order valence-corrected chi connectivity index (χ2v) is 8.78. The molecule has 33 heavy (non-hydrogen) atoms. The van der Waals surface area contributed by atoms with Crippen LogP contribution in [0.15, 0.2) is 48.2 Å². The van der Waals surface area contributed by atoms with Crippen molar-refractivity contribution in [1.82, 2.24) is 9.97 Å². The van der Waals surface area contributed by atoms with Gasteiger partial charge in [0.05, 0.1) is 23.2 Å². The summed E-state index contributed by atoms with van der Waals surface area (Å²) in [5.41, 5.74) is 5.50. The summed E-state index contributed by atoms with van der Waals surface area (Å²) in [7, 11) is 0. The van der Waals surface area contributed by atoms with Gasteiger partial charge in [-0.25, -0.2) is 4.98 Å². The Balaban J connectivity index is 1.39. The molecule has 2 aliphatic heterocycles. The first kappa shape index (κ1) is 21.4. The Morgan fingerprint density at radius 2 is 1.70 bits per heavy atom. The summed E-state index contributed by atoms with van der Waals surface area (Å²) in [6, 6.07) is 14.5. The highest BCUT2D eigenvalue weighted by atomic mass is 16.3. The summed E-state index contributed by atoms with van der Waals surface area (Å²) in [5, 5.41) is 19.6. The predicted octanol–water partition coefficient (Wildman–Crippen LogP) is 5.17. The van der Waals surface area contributed by atoms with Gasteiger partial charge in [0.1, 0.15) is 17.4 Å². The molecular formula is C26H32N6O. The first-order valence-corrected chi connectivity index (χ1v) is 12.0. The number of hydrogen-bond acceptors (Lipinski definition) is 5. The van der Waals surface area contributed by atoms with E-state index in [1.807, 2.05) is 23.1 Å². The van der Waals surface area contributed by atoms with Crippen molar-refractivity contribution in [2.24, 2.45) is 0 Å². The van der Waals surface area contributed by atoms with Crippen molar-refractivity contribution in [1.29, 1.82) is 5.41 Å². The van der Waals surface area contributed by atoms with E-state index in [2.05, 4.69) is 52.9 Å². The number of aliphatic hydroxyl groups excluding tert-OH is 1. The summed E-state index contributed by atoms with van der Waals surface area (Å²) in [6.07, 6.45) is 3.77. The SMILES string of the molecule is CCN(CC)c1ccc(N2CC(O)=C(c3nc4ccc(N5CCCCC5)cc4[nH]3)C2=N)cc1. The van der Waals surface area contributed by atoms with E-state index in [-0.39, 0.29) is 18.1 Å². The Kier molecular flexibility index (Phi) is 5.70. The Hall–Kier alpha value is -3.48. The normalized spacial score (nSPS) is 16.8. The van der Waals surface area contributed by atoms with E-state index < -0.39 is 0 Å².